The van der Waals surface area contributed by atoms with Crippen LogP contribution in [0.1, 0.15) is 63.4 Å². The zero-order chi connectivity index (χ0) is 35.9. The number of anilines is 2. The smallest absolute Gasteiger partial charge is 0.281 e. The number of hydrogen-bond donors (Lipinski definition) is 1. The molecule has 2 aliphatic heterocycles. The first-order valence-corrected chi connectivity index (χ1v) is 17.0. The number of rotatable bonds is 5. The van der Waals surface area contributed by atoms with Crippen molar-refractivity contribution in [2.75, 3.05) is 29.9 Å². The first-order valence-electron chi connectivity index (χ1n) is 16.6. The van der Waals surface area contributed by atoms with Crippen LogP contribution in [0.25, 0.3) is 38.6 Å². The second-order valence-corrected chi connectivity index (χ2v) is 14.2. The zero-order valence-corrected chi connectivity index (χ0v) is 29.8. The molecule has 2 unspecified atom stereocenters. The zero-order valence-electron chi connectivity index (χ0n) is 29.0. The second-order valence-electron chi connectivity index (χ2n) is 13.8. The lowest BCUT2D eigenvalue weighted by molar-refractivity contribution is -0.130. The highest BCUT2D eigenvalue weighted by Gasteiger charge is 2.46. The summed E-state index contributed by atoms with van der Waals surface area (Å²) in [4.78, 5) is 56.1. The lowest BCUT2D eigenvalue weighted by Crippen LogP contribution is -2.66. The van der Waals surface area contributed by atoms with Crippen LogP contribution in [0.5, 0.6) is 0 Å². The van der Waals surface area contributed by atoms with E-state index in [0.717, 1.165) is 5.56 Å². The average molecular weight is 697 g/mol. The summed E-state index contributed by atoms with van der Waals surface area (Å²) in [6.45, 7) is 15.5. The average Bonchev–Trinajstić information content (AvgIpc) is 3.56. The van der Waals surface area contributed by atoms with Crippen LogP contribution < -0.4 is 15.4 Å². The molecule has 1 fully saturated rings. The monoisotopic (exact) mass is 696 g/mol. The SMILES string of the molecule is C=CC(=O)N1CC2C(=O)N(C)c3c(c4cc(Cl)c(-c5c(C)ccc6[nH]ncc56)c(F)c4n(-c4c(C(C)C)ncnc4C(C)C)c3=O)N2CC1C. The summed E-state index contributed by atoms with van der Waals surface area (Å²) in [6.07, 6.45) is 4.32. The Bertz CT molecular complexity index is 2300. The summed E-state index contributed by atoms with van der Waals surface area (Å²) < 4.78 is 19.4. The van der Waals surface area contributed by atoms with Gasteiger partial charge in [-0.05, 0) is 49.5 Å². The summed E-state index contributed by atoms with van der Waals surface area (Å²) in [5, 5.41) is 8.30. The number of carbonyl (C=O) groups excluding carboxylic acids is 2. The first-order chi connectivity index (χ1) is 23.8. The Labute approximate surface area is 293 Å². The van der Waals surface area contributed by atoms with Crippen molar-refractivity contribution < 1.29 is 14.0 Å². The van der Waals surface area contributed by atoms with Crippen molar-refractivity contribution in [3.05, 3.63) is 81.5 Å². The molecule has 258 valence electrons. The molecule has 0 spiro atoms. The van der Waals surface area contributed by atoms with Crippen molar-refractivity contribution in [3.8, 4) is 16.8 Å². The Hall–Kier alpha value is -5.10. The number of benzene rings is 2. The van der Waals surface area contributed by atoms with Crippen LogP contribution in [0.15, 0.2) is 48.2 Å². The Kier molecular flexibility index (Phi) is 8.05. The summed E-state index contributed by atoms with van der Waals surface area (Å²) in [5.41, 5.74) is 3.49. The number of aryl methyl sites for hydroxylation is 1. The molecule has 0 radical (unpaired) electrons. The molecule has 1 saturated heterocycles. The molecule has 11 nitrogen and oxygen atoms in total. The lowest BCUT2D eigenvalue weighted by atomic mass is 9.92. The molecule has 2 aromatic carbocycles. The lowest BCUT2D eigenvalue weighted by Gasteiger charge is -2.50. The molecule has 2 amide bonds. The largest absolute Gasteiger partial charge is 0.354 e. The third-order valence-corrected chi connectivity index (χ3v) is 10.3. The van der Waals surface area contributed by atoms with Gasteiger partial charge in [0.2, 0.25) is 5.91 Å². The minimum atomic E-state index is -0.827. The molecule has 2 aliphatic rings. The Morgan fingerprint density at radius 2 is 1.72 bits per heavy atom. The van der Waals surface area contributed by atoms with Gasteiger partial charge in [0.25, 0.3) is 11.5 Å². The maximum Gasteiger partial charge on any atom is 0.281 e. The Balaban J connectivity index is 1.67. The van der Waals surface area contributed by atoms with Gasteiger partial charge in [-0.2, -0.15) is 5.10 Å². The van der Waals surface area contributed by atoms with Crippen molar-refractivity contribution in [1.82, 2.24) is 29.6 Å². The van der Waals surface area contributed by atoms with E-state index in [1.807, 2.05) is 58.6 Å². The number of nitrogens with one attached hydrogen (secondary N) is 1. The molecule has 2 atom stereocenters. The number of H-pyrrole nitrogens is 1. The first kappa shape index (κ1) is 33.4. The number of pyridine rings is 1. The molecular weight excluding hydrogens is 659 g/mol. The highest BCUT2D eigenvalue weighted by atomic mass is 35.5. The number of amides is 2. The van der Waals surface area contributed by atoms with E-state index in [9.17, 15) is 9.59 Å². The molecule has 50 heavy (non-hydrogen) atoms. The molecule has 3 aromatic heterocycles. The number of likely N-dealkylation sites (N-methyl/N-ethyl adjacent to an activating group) is 1. The maximum atomic E-state index is 18.0. The minimum absolute atomic E-state index is 0.00889. The van der Waals surface area contributed by atoms with Crippen molar-refractivity contribution in [2.24, 2.45) is 0 Å². The number of nitrogens with zero attached hydrogens (tertiary/aromatic N) is 7. The fraction of sp³-hybridized carbons (Fsp3) is 0.351. The van der Waals surface area contributed by atoms with Crippen LogP contribution in [-0.2, 0) is 9.59 Å². The van der Waals surface area contributed by atoms with Gasteiger partial charge in [-0.1, -0.05) is 51.9 Å². The molecule has 0 bridgehead atoms. The molecule has 7 rings (SSSR count). The van der Waals surface area contributed by atoms with Gasteiger partial charge < -0.3 is 14.7 Å². The number of piperazine rings is 1. The fourth-order valence-corrected chi connectivity index (χ4v) is 7.90. The van der Waals surface area contributed by atoms with Gasteiger partial charge in [0, 0.05) is 41.5 Å². The fourth-order valence-electron chi connectivity index (χ4n) is 7.61. The maximum absolute atomic E-state index is 18.0. The summed E-state index contributed by atoms with van der Waals surface area (Å²) in [5.74, 6) is -1.70. The van der Waals surface area contributed by atoms with E-state index in [2.05, 4.69) is 26.7 Å². The second kappa shape index (κ2) is 12.0. The third-order valence-electron chi connectivity index (χ3n) is 10.0. The highest BCUT2D eigenvalue weighted by molar-refractivity contribution is 6.35. The summed E-state index contributed by atoms with van der Waals surface area (Å²) in [7, 11) is 1.54. The van der Waals surface area contributed by atoms with Crippen LogP contribution >= 0.6 is 11.6 Å². The quantitative estimate of drug-likeness (QED) is 0.216. The Morgan fingerprint density at radius 1 is 1.04 bits per heavy atom. The van der Waals surface area contributed by atoms with Gasteiger partial charge >= 0.3 is 0 Å². The van der Waals surface area contributed by atoms with Crippen LogP contribution in [0, 0.1) is 12.7 Å². The van der Waals surface area contributed by atoms with Crippen molar-refractivity contribution >= 4 is 56.6 Å². The number of carbonyl (C=O) groups is 2. The van der Waals surface area contributed by atoms with Crippen LogP contribution in [-0.4, -0.2) is 73.7 Å². The van der Waals surface area contributed by atoms with E-state index in [0.29, 0.717) is 44.6 Å². The van der Waals surface area contributed by atoms with E-state index in [1.54, 1.807) is 17.2 Å². The van der Waals surface area contributed by atoms with Crippen molar-refractivity contribution in [2.45, 2.75) is 65.5 Å². The Morgan fingerprint density at radius 3 is 2.36 bits per heavy atom. The van der Waals surface area contributed by atoms with Crippen molar-refractivity contribution in [3.63, 3.8) is 0 Å². The molecule has 5 aromatic rings. The minimum Gasteiger partial charge on any atom is -0.354 e. The van der Waals surface area contributed by atoms with Crippen LogP contribution in [0.2, 0.25) is 5.02 Å². The molecule has 5 heterocycles. The van der Waals surface area contributed by atoms with Crippen LogP contribution in [0.4, 0.5) is 15.8 Å². The number of fused-ring (bicyclic) bond motifs is 6. The number of aromatic nitrogens is 5. The van der Waals surface area contributed by atoms with Crippen LogP contribution in [0.3, 0.4) is 0 Å². The van der Waals surface area contributed by atoms with Crippen molar-refractivity contribution in [1.29, 1.82) is 0 Å². The van der Waals surface area contributed by atoms with E-state index < -0.39 is 17.4 Å². The molecular formula is C37H38ClFN8O3. The number of halogens is 2. The predicted molar refractivity (Wildman–Crippen MR) is 194 cm³/mol. The number of aromatic amines is 1. The standard InChI is InChI=1S/C37H38ClFN8O3/c1-9-26(48)45-15-25-36(49)44(8)35-33(46(25)14-20(45)7)21-12-23(38)28(27-19(6)10-11-24-22(27)13-42-43-24)29(39)32(21)47(37(35)50)34-30(17(2)3)40-16-41-31(34)18(4)5/h9-13,16-18,20,25H,1,14-15H2,2-8H3,(H,42,43). The topological polar surface area (TPSA) is 120 Å². The van der Waals surface area contributed by atoms with E-state index in [1.165, 1.54) is 28.9 Å². The molecule has 13 heteroatoms. The van der Waals surface area contributed by atoms with Gasteiger partial charge in [-0.25, -0.2) is 14.4 Å². The predicted octanol–water partition coefficient (Wildman–Crippen LogP) is 6.24. The molecule has 1 N–H and O–H groups in total. The van der Waals surface area contributed by atoms with Gasteiger partial charge in [-0.15, -0.1) is 0 Å². The van der Waals surface area contributed by atoms with Gasteiger partial charge in [0.1, 0.15) is 18.1 Å². The van der Waals surface area contributed by atoms with E-state index in [4.69, 9.17) is 11.6 Å². The highest BCUT2D eigenvalue weighted by Crippen LogP contribution is 2.47. The van der Waals surface area contributed by atoms with E-state index in [-0.39, 0.29) is 64.6 Å². The van der Waals surface area contributed by atoms with E-state index >= 15 is 9.18 Å². The van der Waals surface area contributed by atoms with Gasteiger partial charge in [-0.3, -0.25) is 24.0 Å². The number of hydrogen-bond acceptors (Lipinski definition) is 7. The summed E-state index contributed by atoms with van der Waals surface area (Å²) in [6, 6.07) is 4.25. The molecule has 0 aliphatic carbocycles. The normalized spacial score (nSPS) is 17.7. The third kappa shape index (κ3) is 4.75. The van der Waals surface area contributed by atoms with Gasteiger partial charge in [0.15, 0.2) is 5.82 Å². The summed E-state index contributed by atoms with van der Waals surface area (Å²) >= 11 is 7.13. The van der Waals surface area contributed by atoms with Gasteiger partial charge in [0.05, 0.1) is 51.6 Å². The molecule has 0 saturated carbocycles.